The SMILES string of the molecule is COCCN(C(C)=O)c1nc(CN2Cc3cn[nH]c3[C@@H](C)C2)cs1. The van der Waals surface area contributed by atoms with Crippen LogP contribution in [0.1, 0.15) is 36.7 Å². The minimum atomic E-state index is -0.0115. The lowest BCUT2D eigenvalue weighted by Gasteiger charge is -2.29. The van der Waals surface area contributed by atoms with Gasteiger partial charge in [-0.25, -0.2) is 4.98 Å². The molecular formula is C16H23N5O2S. The van der Waals surface area contributed by atoms with Crippen LogP contribution in [0.2, 0.25) is 0 Å². The molecule has 0 aromatic carbocycles. The van der Waals surface area contributed by atoms with Gasteiger partial charge in [0, 0.05) is 56.2 Å². The molecule has 0 bridgehead atoms. The van der Waals surface area contributed by atoms with E-state index in [0.717, 1.165) is 30.5 Å². The Hall–Kier alpha value is -1.77. The van der Waals surface area contributed by atoms with Gasteiger partial charge in [0.05, 0.1) is 25.0 Å². The average Bonchev–Trinajstić information content (AvgIpc) is 3.17. The van der Waals surface area contributed by atoms with Crippen LogP contribution in [0.3, 0.4) is 0 Å². The van der Waals surface area contributed by atoms with Crippen molar-refractivity contribution in [2.45, 2.75) is 32.9 Å². The van der Waals surface area contributed by atoms with Gasteiger partial charge in [0.2, 0.25) is 5.91 Å². The summed E-state index contributed by atoms with van der Waals surface area (Å²) in [5.41, 5.74) is 3.50. The first-order chi connectivity index (χ1) is 11.6. The van der Waals surface area contributed by atoms with Gasteiger partial charge in [-0.05, 0) is 0 Å². The van der Waals surface area contributed by atoms with E-state index in [1.165, 1.54) is 22.6 Å². The van der Waals surface area contributed by atoms with Gasteiger partial charge in [-0.15, -0.1) is 11.3 Å². The number of hydrogen-bond acceptors (Lipinski definition) is 6. The van der Waals surface area contributed by atoms with Gasteiger partial charge in [0.15, 0.2) is 5.13 Å². The number of anilines is 1. The fraction of sp³-hybridized carbons (Fsp3) is 0.562. The molecule has 0 spiro atoms. The smallest absolute Gasteiger partial charge is 0.225 e. The highest BCUT2D eigenvalue weighted by molar-refractivity contribution is 7.14. The van der Waals surface area contributed by atoms with E-state index in [0.29, 0.717) is 19.1 Å². The van der Waals surface area contributed by atoms with Crippen LogP contribution >= 0.6 is 11.3 Å². The van der Waals surface area contributed by atoms with Crippen LogP contribution in [0.4, 0.5) is 5.13 Å². The van der Waals surface area contributed by atoms with Gasteiger partial charge in [-0.2, -0.15) is 5.10 Å². The quantitative estimate of drug-likeness (QED) is 0.863. The predicted octanol–water partition coefficient (Wildman–Crippen LogP) is 1.98. The maximum absolute atomic E-state index is 11.8. The molecule has 7 nitrogen and oxygen atoms in total. The number of aromatic amines is 1. The van der Waals surface area contributed by atoms with Crippen molar-refractivity contribution in [1.29, 1.82) is 0 Å². The number of carbonyl (C=O) groups is 1. The van der Waals surface area contributed by atoms with E-state index in [9.17, 15) is 4.79 Å². The van der Waals surface area contributed by atoms with Gasteiger partial charge >= 0.3 is 0 Å². The predicted molar refractivity (Wildman–Crippen MR) is 93.1 cm³/mol. The van der Waals surface area contributed by atoms with E-state index in [4.69, 9.17) is 4.74 Å². The van der Waals surface area contributed by atoms with Crippen molar-refractivity contribution in [2.75, 3.05) is 31.7 Å². The Kier molecular flexibility index (Phi) is 5.27. The van der Waals surface area contributed by atoms with E-state index in [1.807, 2.05) is 11.6 Å². The third kappa shape index (κ3) is 3.66. The summed E-state index contributed by atoms with van der Waals surface area (Å²) in [7, 11) is 1.63. The van der Waals surface area contributed by atoms with Gasteiger partial charge < -0.3 is 4.74 Å². The van der Waals surface area contributed by atoms with E-state index >= 15 is 0 Å². The summed E-state index contributed by atoms with van der Waals surface area (Å²) in [5.74, 6) is 0.423. The van der Waals surface area contributed by atoms with Crippen molar-refractivity contribution < 1.29 is 9.53 Å². The number of H-pyrrole nitrogens is 1. The number of amides is 1. The summed E-state index contributed by atoms with van der Waals surface area (Å²) < 4.78 is 5.08. The van der Waals surface area contributed by atoms with Crippen LogP contribution in [0.15, 0.2) is 11.6 Å². The molecule has 0 saturated carbocycles. The number of nitrogens with one attached hydrogen (secondary N) is 1. The number of methoxy groups -OCH3 is 1. The minimum Gasteiger partial charge on any atom is -0.383 e. The van der Waals surface area contributed by atoms with Crippen LogP contribution in [-0.4, -0.2) is 52.8 Å². The lowest BCUT2D eigenvalue weighted by Crippen LogP contribution is -2.33. The third-order valence-corrected chi connectivity index (χ3v) is 5.14. The Morgan fingerprint density at radius 3 is 3.17 bits per heavy atom. The number of hydrogen-bond donors (Lipinski definition) is 1. The molecular weight excluding hydrogens is 326 g/mol. The molecule has 3 heterocycles. The van der Waals surface area contributed by atoms with Crippen molar-refractivity contribution in [3.05, 3.63) is 28.5 Å². The zero-order valence-corrected chi connectivity index (χ0v) is 15.1. The molecule has 0 aliphatic carbocycles. The minimum absolute atomic E-state index is 0.0115. The first-order valence-electron chi connectivity index (χ1n) is 8.04. The monoisotopic (exact) mass is 349 g/mol. The standard InChI is InChI=1S/C16H23N5O2S/c1-11-7-20(8-13-6-17-19-15(11)13)9-14-10-24-16(18-14)21(12(2)22)4-5-23-3/h6,10-11H,4-5,7-9H2,1-3H3,(H,17,19)/t11-/m0/s1. The van der Waals surface area contributed by atoms with Crippen LogP contribution < -0.4 is 4.90 Å². The Bertz CT molecular complexity index is 698. The molecule has 130 valence electrons. The van der Waals surface area contributed by atoms with Crippen LogP contribution in [-0.2, 0) is 22.6 Å². The van der Waals surface area contributed by atoms with Crippen molar-refractivity contribution in [2.24, 2.45) is 0 Å². The molecule has 2 aromatic heterocycles. The maximum atomic E-state index is 11.8. The van der Waals surface area contributed by atoms with Gasteiger partial charge in [-0.1, -0.05) is 6.92 Å². The molecule has 1 aliphatic rings. The Morgan fingerprint density at radius 2 is 2.42 bits per heavy atom. The topological polar surface area (TPSA) is 74.3 Å². The first kappa shape index (κ1) is 17.1. The summed E-state index contributed by atoms with van der Waals surface area (Å²) in [5, 5.41) is 10.0. The molecule has 1 amide bonds. The number of fused-ring (bicyclic) bond motifs is 1. The van der Waals surface area contributed by atoms with E-state index in [-0.39, 0.29) is 5.91 Å². The molecule has 2 aromatic rings. The van der Waals surface area contributed by atoms with Gasteiger partial charge in [0.25, 0.3) is 0 Å². The Morgan fingerprint density at radius 1 is 1.58 bits per heavy atom. The largest absolute Gasteiger partial charge is 0.383 e. The van der Waals surface area contributed by atoms with E-state index in [1.54, 1.807) is 18.9 Å². The number of thiazole rings is 1. The van der Waals surface area contributed by atoms with Crippen molar-refractivity contribution in [3.8, 4) is 0 Å². The number of nitrogens with zero attached hydrogens (tertiary/aromatic N) is 4. The number of aromatic nitrogens is 3. The van der Waals surface area contributed by atoms with Crippen LogP contribution in [0.25, 0.3) is 0 Å². The molecule has 24 heavy (non-hydrogen) atoms. The van der Waals surface area contributed by atoms with E-state index < -0.39 is 0 Å². The van der Waals surface area contributed by atoms with Gasteiger partial charge in [0.1, 0.15) is 0 Å². The summed E-state index contributed by atoms with van der Waals surface area (Å²) in [6.07, 6.45) is 1.91. The fourth-order valence-electron chi connectivity index (χ4n) is 3.07. The molecule has 0 saturated heterocycles. The highest BCUT2D eigenvalue weighted by Gasteiger charge is 2.24. The Labute approximate surface area is 145 Å². The second-order valence-corrected chi connectivity index (χ2v) is 7.00. The highest BCUT2D eigenvalue weighted by Crippen LogP contribution is 2.28. The maximum Gasteiger partial charge on any atom is 0.225 e. The summed E-state index contributed by atoms with van der Waals surface area (Å²) in [4.78, 5) is 20.5. The van der Waals surface area contributed by atoms with Gasteiger partial charge in [-0.3, -0.25) is 19.7 Å². The molecule has 1 aliphatic heterocycles. The second-order valence-electron chi connectivity index (χ2n) is 6.16. The van der Waals surface area contributed by atoms with Crippen LogP contribution in [0, 0.1) is 0 Å². The average molecular weight is 349 g/mol. The summed E-state index contributed by atoms with van der Waals surface area (Å²) >= 11 is 1.51. The van der Waals surface area contributed by atoms with Crippen molar-refractivity contribution >= 4 is 22.4 Å². The molecule has 0 unspecified atom stereocenters. The van der Waals surface area contributed by atoms with E-state index in [2.05, 4.69) is 27.0 Å². The lowest BCUT2D eigenvalue weighted by molar-refractivity contribution is -0.116. The van der Waals surface area contributed by atoms with Crippen molar-refractivity contribution in [1.82, 2.24) is 20.1 Å². The zero-order chi connectivity index (χ0) is 17.1. The summed E-state index contributed by atoms with van der Waals surface area (Å²) in [6.45, 7) is 7.42. The molecule has 0 fully saturated rings. The highest BCUT2D eigenvalue weighted by atomic mass is 32.1. The zero-order valence-electron chi connectivity index (χ0n) is 14.3. The normalized spacial score (nSPS) is 17.7. The molecule has 3 rings (SSSR count). The first-order valence-corrected chi connectivity index (χ1v) is 8.92. The Balaban J connectivity index is 1.67. The molecule has 1 N–H and O–H groups in total. The number of rotatable bonds is 6. The van der Waals surface area contributed by atoms with Crippen molar-refractivity contribution in [3.63, 3.8) is 0 Å². The number of ether oxygens (including phenoxy) is 1. The second kappa shape index (κ2) is 7.42. The lowest BCUT2D eigenvalue weighted by atomic mass is 9.98. The van der Waals surface area contributed by atoms with Crippen LogP contribution in [0.5, 0.6) is 0 Å². The number of carbonyl (C=O) groups excluding carboxylic acids is 1. The fourth-order valence-corrected chi connectivity index (χ4v) is 3.96. The molecule has 0 radical (unpaired) electrons. The third-order valence-electron chi connectivity index (χ3n) is 4.23. The molecule has 8 heteroatoms. The summed E-state index contributed by atoms with van der Waals surface area (Å²) in [6, 6.07) is 0. The molecule has 1 atom stereocenters.